The molecule has 0 atom stereocenters. The first-order valence-corrected chi connectivity index (χ1v) is 5.03. The Balaban J connectivity index is 2.05. The van der Waals surface area contributed by atoms with E-state index in [-0.39, 0.29) is 0 Å². The van der Waals surface area contributed by atoms with Crippen molar-refractivity contribution in [3.63, 3.8) is 0 Å². The Hall–Kier alpha value is -0.830. The zero-order valence-electron chi connectivity index (χ0n) is 8.45. The molecule has 0 saturated carbocycles. The molecule has 72 valence electrons. The highest BCUT2D eigenvalue weighted by Gasteiger charge is 2.15. The molecule has 2 heterocycles. The van der Waals surface area contributed by atoms with Crippen LogP contribution in [0.5, 0.6) is 0 Å². The average molecular weight is 179 g/mol. The van der Waals surface area contributed by atoms with E-state index in [2.05, 4.69) is 23.0 Å². The Kier molecular flexibility index (Phi) is 2.36. The monoisotopic (exact) mass is 179 g/mol. The quantitative estimate of drug-likeness (QED) is 0.695. The third-order valence-corrected chi connectivity index (χ3v) is 2.72. The topological polar surface area (TPSA) is 21.1 Å². The molecule has 0 unspecified atom stereocenters. The van der Waals surface area contributed by atoms with Crippen LogP contribution in [-0.4, -0.2) is 27.8 Å². The molecular weight excluding hydrogens is 162 g/mol. The van der Waals surface area contributed by atoms with Crippen molar-refractivity contribution in [1.29, 1.82) is 0 Å². The maximum absolute atomic E-state index is 4.43. The minimum absolute atomic E-state index is 1.04. The summed E-state index contributed by atoms with van der Waals surface area (Å²) in [4.78, 5) is 2.45. The van der Waals surface area contributed by atoms with Crippen molar-refractivity contribution in [2.75, 3.05) is 13.1 Å². The third-order valence-electron chi connectivity index (χ3n) is 2.72. The Morgan fingerprint density at radius 3 is 2.69 bits per heavy atom. The van der Waals surface area contributed by atoms with Crippen LogP contribution in [0, 0.1) is 0 Å². The molecule has 0 spiro atoms. The van der Waals surface area contributed by atoms with Gasteiger partial charge < -0.3 is 0 Å². The molecule has 3 nitrogen and oxygen atoms in total. The summed E-state index contributed by atoms with van der Waals surface area (Å²) in [5.74, 6) is 0. The molecule has 13 heavy (non-hydrogen) atoms. The summed E-state index contributed by atoms with van der Waals surface area (Å²) in [6.07, 6.45) is 2.40. The molecule has 1 saturated heterocycles. The Morgan fingerprint density at radius 1 is 1.46 bits per heavy atom. The van der Waals surface area contributed by atoms with E-state index in [0.717, 1.165) is 13.0 Å². The number of hydrogen-bond donors (Lipinski definition) is 0. The molecule has 1 aromatic rings. The highest BCUT2D eigenvalue weighted by Crippen LogP contribution is 2.12. The lowest BCUT2D eigenvalue weighted by Crippen LogP contribution is -2.36. The van der Waals surface area contributed by atoms with E-state index in [0.29, 0.717) is 0 Å². The number of nitrogens with zero attached hydrogens (tertiary/aromatic N) is 3. The Labute approximate surface area is 79.3 Å². The number of aryl methyl sites for hydroxylation is 2. The Morgan fingerprint density at radius 2 is 2.23 bits per heavy atom. The first-order valence-electron chi connectivity index (χ1n) is 5.03. The zero-order valence-corrected chi connectivity index (χ0v) is 8.45. The van der Waals surface area contributed by atoms with Crippen LogP contribution in [0.4, 0.5) is 0 Å². The molecule has 2 rings (SSSR count). The second-order valence-corrected chi connectivity index (χ2v) is 3.73. The second-order valence-electron chi connectivity index (χ2n) is 3.73. The van der Waals surface area contributed by atoms with E-state index in [1.54, 1.807) is 0 Å². The van der Waals surface area contributed by atoms with Crippen LogP contribution >= 0.6 is 0 Å². The van der Waals surface area contributed by atoms with Crippen LogP contribution in [0.25, 0.3) is 0 Å². The van der Waals surface area contributed by atoms with Crippen LogP contribution in [0.15, 0.2) is 6.07 Å². The molecule has 0 bridgehead atoms. The van der Waals surface area contributed by atoms with Crippen molar-refractivity contribution in [2.24, 2.45) is 7.05 Å². The van der Waals surface area contributed by atoms with Gasteiger partial charge in [0.15, 0.2) is 0 Å². The predicted molar refractivity (Wildman–Crippen MR) is 52.5 cm³/mol. The van der Waals surface area contributed by atoms with Gasteiger partial charge in [0, 0.05) is 13.6 Å². The highest BCUT2D eigenvalue weighted by molar-refractivity contribution is 5.10. The molecular formula is C10H17N3. The van der Waals surface area contributed by atoms with E-state index in [9.17, 15) is 0 Å². The van der Waals surface area contributed by atoms with Crippen molar-refractivity contribution in [3.05, 3.63) is 17.5 Å². The Bertz CT molecular complexity index is 286. The van der Waals surface area contributed by atoms with E-state index in [1.165, 1.54) is 30.9 Å². The van der Waals surface area contributed by atoms with Crippen molar-refractivity contribution in [1.82, 2.24) is 14.7 Å². The van der Waals surface area contributed by atoms with Gasteiger partial charge in [-0.3, -0.25) is 9.58 Å². The molecule has 0 aromatic carbocycles. The first-order chi connectivity index (χ1) is 6.29. The normalized spacial score (nSPS) is 17.4. The van der Waals surface area contributed by atoms with Gasteiger partial charge in [0.2, 0.25) is 0 Å². The van der Waals surface area contributed by atoms with Gasteiger partial charge >= 0.3 is 0 Å². The van der Waals surface area contributed by atoms with Gasteiger partial charge in [0.05, 0.1) is 11.4 Å². The first kappa shape index (κ1) is 8.75. The summed E-state index contributed by atoms with van der Waals surface area (Å²) < 4.78 is 2.01. The maximum Gasteiger partial charge on any atom is 0.0625 e. The minimum Gasteiger partial charge on any atom is -0.297 e. The molecule has 1 fully saturated rings. The molecule has 0 radical (unpaired) electrons. The fourth-order valence-corrected chi connectivity index (χ4v) is 1.66. The summed E-state index contributed by atoms with van der Waals surface area (Å²) >= 11 is 0. The number of likely N-dealkylation sites (tertiary alicyclic amines) is 1. The van der Waals surface area contributed by atoms with Crippen LogP contribution < -0.4 is 0 Å². The van der Waals surface area contributed by atoms with Gasteiger partial charge in [-0.25, -0.2) is 0 Å². The smallest absolute Gasteiger partial charge is 0.0625 e. The third kappa shape index (κ3) is 1.75. The lowest BCUT2D eigenvalue weighted by molar-refractivity contribution is 0.168. The number of aromatic nitrogens is 2. The number of rotatable bonds is 3. The molecule has 0 aliphatic carbocycles. The summed E-state index contributed by atoms with van der Waals surface area (Å²) in [6.45, 7) is 5.73. The number of hydrogen-bond acceptors (Lipinski definition) is 2. The molecule has 1 aliphatic heterocycles. The molecule has 1 aromatic heterocycles. The van der Waals surface area contributed by atoms with Gasteiger partial charge in [-0.05, 0) is 32.0 Å². The SMILES string of the molecule is CCc1cc(CN2CCC2)n(C)n1. The lowest BCUT2D eigenvalue weighted by Gasteiger charge is -2.30. The zero-order chi connectivity index (χ0) is 9.26. The van der Waals surface area contributed by atoms with Crippen LogP contribution in [0.3, 0.4) is 0 Å². The van der Waals surface area contributed by atoms with Crippen molar-refractivity contribution < 1.29 is 0 Å². The van der Waals surface area contributed by atoms with Gasteiger partial charge in [0.1, 0.15) is 0 Å². The van der Waals surface area contributed by atoms with Crippen LogP contribution in [0.2, 0.25) is 0 Å². The van der Waals surface area contributed by atoms with Crippen molar-refractivity contribution in [2.45, 2.75) is 26.3 Å². The van der Waals surface area contributed by atoms with Crippen LogP contribution in [0.1, 0.15) is 24.7 Å². The van der Waals surface area contributed by atoms with E-state index in [4.69, 9.17) is 0 Å². The summed E-state index contributed by atoms with van der Waals surface area (Å²) in [7, 11) is 2.04. The minimum atomic E-state index is 1.04. The largest absolute Gasteiger partial charge is 0.297 e. The highest BCUT2D eigenvalue weighted by atomic mass is 15.3. The summed E-state index contributed by atoms with van der Waals surface area (Å²) in [6, 6.07) is 2.22. The summed E-state index contributed by atoms with van der Waals surface area (Å²) in [5.41, 5.74) is 2.55. The van der Waals surface area contributed by atoms with E-state index in [1.807, 2.05) is 11.7 Å². The van der Waals surface area contributed by atoms with Crippen molar-refractivity contribution in [3.8, 4) is 0 Å². The molecule has 0 N–H and O–H groups in total. The predicted octanol–water partition coefficient (Wildman–Crippen LogP) is 1.19. The second kappa shape index (κ2) is 3.50. The molecule has 0 amide bonds. The average Bonchev–Trinajstić information content (AvgIpc) is 2.39. The van der Waals surface area contributed by atoms with Gasteiger partial charge in [-0.2, -0.15) is 5.10 Å². The van der Waals surface area contributed by atoms with Gasteiger partial charge in [0.25, 0.3) is 0 Å². The standard InChI is InChI=1S/C10H17N3/c1-3-9-7-10(12(2)11-9)8-13-5-4-6-13/h7H,3-6,8H2,1-2H3. The van der Waals surface area contributed by atoms with Gasteiger partial charge in [-0.1, -0.05) is 6.92 Å². The fraction of sp³-hybridized carbons (Fsp3) is 0.700. The van der Waals surface area contributed by atoms with Crippen LogP contribution in [-0.2, 0) is 20.0 Å². The summed E-state index contributed by atoms with van der Waals surface area (Å²) in [5, 5.41) is 4.43. The molecule has 1 aliphatic rings. The lowest BCUT2D eigenvalue weighted by atomic mass is 10.2. The van der Waals surface area contributed by atoms with E-state index < -0.39 is 0 Å². The maximum atomic E-state index is 4.43. The van der Waals surface area contributed by atoms with E-state index >= 15 is 0 Å². The van der Waals surface area contributed by atoms with Crippen molar-refractivity contribution >= 4 is 0 Å². The molecule has 3 heteroatoms. The van der Waals surface area contributed by atoms with Gasteiger partial charge in [-0.15, -0.1) is 0 Å². The fourth-order valence-electron chi connectivity index (χ4n) is 1.66.